The molecule has 1 saturated heterocycles. The van der Waals surface area contributed by atoms with E-state index in [2.05, 4.69) is 9.83 Å². The van der Waals surface area contributed by atoms with Crippen LogP contribution in [0.25, 0.3) is 4.85 Å². The van der Waals surface area contributed by atoms with E-state index in [1.807, 2.05) is 0 Å². The fourth-order valence-corrected chi connectivity index (χ4v) is 2.21. The second kappa shape index (κ2) is 6.19. The molecule has 1 fully saturated rings. The molecule has 0 aromatic carbocycles. The van der Waals surface area contributed by atoms with Crippen molar-refractivity contribution in [2.75, 3.05) is 13.2 Å². The molecule has 4 atom stereocenters. The average molecular weight is 297 g/mol. The van der Waals surface area contributed by atoms with Gasteiger partial charge in [0.2, 0.25) is 6.54 Å². The number of rotatable bonds is 4. The van der Waals surface area contributed by atoms with Gasteiger partial charge in [0, 0.05) is 6.20 Å². The van der Waals surface area contributed by atoms with Crippen molar-refractivity contribution in [3.8, 4) is 0 Å². The van der Waals surface area contributed by atoms with E-state index in [0.29, 0.717) is 0 Å². The lowest BCUT2D eigenvalue weighted by molar-refractivity contribution is -0.0233. The lowest BCUT2D eigenvalue weighted by Crippen LogP contribution is -2.36. The molecule has 0 spiro atoms. The molecule has 9 nitrogen and oxygen atoms in total. The Morgan fingerprint density at radius 2 is 2.10 bits per heavy atom. The van der Waals surface area contributed by atoms with Crippen molar-refractivity contribution < 1.29 is 20.1 Å². The normalized spacial score (nSPS) is 28.5. The number of aromatic nitrogens is 2. The summed E-state index contributed by atoms with van der Waals surface area (Å²) in [5.74, 6) is 0. The van der Waals surface area contributed by atoms with Gasteiger partial charge in [0.1, 0.15) is 24.4 Å². The molecule has 0 radical (unpaired) electrons. The van der Waals surface area contributed by atoms with E-state index >= 15 is 0 Å². The van der Waals surface area contributed by atoms with E-state index in [1.165, 1.54) is 6.20 Å². The lowest BCUT2D eigenvalue weighted by Gasteiger charge is -2.15. The summed E-state index contributed by atoms with van der Waals surface area (Å²) in [4.78, 5) is 28.6. The highest BCUT2D eigenvalue weighted by atomic mass is 16.6. The number of aromatic amines is 1. The minimum atomic E-state index is -1.39. The van der Waals surface area contributed by atoms with Crippen molar-refractivity contribution in [1.29, 1.82) is 0 Å². The van der Waals surface area contributed by atoms with Gasteiger partial charge in [0.15, 0.2) is 0 Å². The zero-order valence-corrected chi connectivity index (χ0v) is 11.0. The Kier molecular flexibility index (Phi) is 4.54. The topological polar surface area (TPSA) is 129 Å². The first-order chi connectivity index (χ1) is 9.99. The van der Waals surface area contributed by atoms with Crippen LogP contribution < -0.4 is 11.2 Å². The second-order valence-electron chi connectivity index (χ2n) is 4.68. The SMILES string of the molecule is [C-]#[N+]CCn1cc([C@@H]2O[C@H](CO)C(O)[C@@H]2O)c(=O)[nH]c1=O. The van der Waals surface area contributed by atoms with E-state index in [4.69, 9.17) is 16.4 Å². The number of hydrogen-bond acceptors (Lipinski definition) is 6. The minimum Gasteiger partial charge on any atom is -0.394 e. The van der Waals surface area contributed by atoms with Gasteiger partial charge in [-0.1, -0.05) is 0 Å². The van der Waals surface area contributed by atoms with Crippen LogP contribution in [0, 0.1) is 6.57 Å². The summed E-state index contributed by atoms with van der Waals surface area (Å²) >= 11 is 0. The highest BCUT2D eigenvalue weighted by molar-refractivity contribution is 5.14. The molecule has 1 unspecified atom stereocenters. The van der Waals surface area contributed by atoms with E-state index in [-0.39, 0.29) is 18.7 Å². The van der Waals surface area contributed by atoms with Gasteiger partial charge in [-0.3, -0.25) is 14.3 Å². The highest BCUT2D eigenvalue weighted by Crippen LogP contribution is 2.31. The second-order valence-corrected chi connectivity index (χ2v) is 4.68. The molecule has 1 aliphatic rings. The van der Waals surface area contributed by atoms with Crippen molar-refractivity contribution >= 4 is 0 Å². The maximum Gasteiger partial charge on any atom is 0.328 e. The van der Waals surface area contributed by atoms with Crippen molar-refractivity contribution in [3.05, 3.63) is 44.0 Å². The average Bonchev–Trinajstić information content (AvgIpc) is 2.74. The Balaban J connectivity index is 2.38. The zero-order valence-electron chi connectivity index (χ0n) is 11.0. The number of ether oxygens (including phenoxy) is 1. The smallest absolute Gasteiger partial charge is 0.328 e. The summed E-state index contributed by atoms with van der Waals surface area (Å²) in [6.45, 7) is 6.34. The molecule has 0 amide bonds. The quantitative estimate of drug-likeness (QED) is 0.459. The summed E-state index contributed by atoms with van der Waals surface area (Å²) in [6, 6.07) is 0. The molecule has 2 rings (SSSR count). The van der Waals surface area contributed by atoms with Crippen LogP contribution in [0.2, 0.25) is 0 Å². The molecular weight excluding hydrogens is 282 g/mol. The van der Waals surface area contributed by atoms with Gasteiger partial charge in [-0.25, -0.2) is 11.4 Å². The Morgan fingerprint density at radius 3 is 2.67 bits per heavy atom. The summed E-state index contributed by atoms with van der Waals surface area (Å²) < 4.78 is 6.38. The summed E-state index contributed by atoms with van der Waals surface area (Å²) in [7, 11) is 0. The summed E-state index contributed by atoms with van der Waals surface area (Å²) in [5, 5.41) is 28.6. The maximum absolute atomic E-state index is 11.8. The van der Waals surface area contributed by atoms with Crippen molar-refractivity contribution in [2.45, 2.75) is 31.0 Å². The Hall–Kier alpha value is -1.99. The highest BCUT2D eigenvalue weighted by Gasteiger charge is 2.44. The minimum absolute atomic E-state index is 0.0397. The molecule has 0 aliphatic carbocycles. The Labute approximate surface area is 118 Å². The van der Waals surface area contributed by atoms with E-state index in [1.54, 1.807) is 0 Å². The van der Waals surface area contributed by atoms with Crippen LogP contribution in [-0.2, 0) is 11.3 Å². The summed E-state index contributed by atoms with van der Waals surface area (Å²) in [6.07, 6.45) is -3.68. The third-order valence-electron chi connectivity index (χ3n) is 3.34. The van der Waals surface area contributed by atoms with Crippen LogP contribution in [0.3, 0.4) is 0 Å². The number of nitrogens with zero attached hydrogens (tertiary/aromatic N) is 2. The molecule has 0 bridgehead atoms. The van der Waals surface area contributed by atoms with E-state index in [9.17, 15) is 19.8 Å². The number of aliphatic hydroxyl groups excluding tert-OH is 3. The molecule has 1 aromatic rings. The van der Waals surface area contributed by atoms with Gasteiger partial charge in [-0.15, -0.1) is 0 Å². The molecule has 1 aromatic heterocycles. The van der Waals surface area contributed by atoms with Crippen LogP contribution in [-0.4, -0.2) is 56.3 Å². The Morgan fingerprint density at radius 1 is 1.38 bits per heavy atom. The Bertz CT molecular complexity index is 660. The molecule has 114 valence electrons. The molecule has 21 heavy (non-hydrogen) atoms. The van der Waals surface area contributed by atoms with Crippen molar-refractivity contribution in [3.63, 3.8) is 0 Å². The monoisotopic (exact) mass is 297 g/mol. The van der Waals surface area contributed by atoms with Gasteiger partial charge in [0.25, 0.3) is 5.56 Å². The first kappa shape index (κ1) is 15.4. The molecule has 9 heteroatoms. The zero-order chi connectivity index (χ0) is 15.6. The van der Waals surface area contributed by atoms with Crippen molar-refractivity contribution in [1.82, 2.24) is 9.55 Å². The number of hydrogen-bond donors (Lipinski definition) is 4. The maximum atomic E-state index is 11.8. The van der Waals surface area contributed by atoms with Gasteiger partial charge in [-0.2, -0.15) is 0 Å². The van der Waals surface area contributed by atoms with E-state index < -0.39 is 42.3 Å². The van der Waals surface area contributed by atoms with Gasteiger partial charge in [-0.05, 0) is 0 Å². The predicted molar refractivity (Wildman–Crippen MR) is 69.5 cm³/mol. The van der Waals surface area contributed by atoms with Crippen LogP contribution in [0.15, 0.2) is 15.8 Å². The molecule has 4 N–H and O–H groups in total. The lowest BCUT2D eigenvalue weighted by atomic mass is 10.0. The van der Waals surface area contributed by atoms with Gasteiger partial charge >= 0.3 is 5.69 Å². The number of nitrogens with one attached hydrogen (secondary N) is 1. The van der Waals surface area contributed by atoms with Crippen LogP contribution in [0.1, 0.15) is 11.7 Å². The molecule has 2 heterocycles. The van der Waals surface area contributed by atoms with E-state index in [0.717, 1.165) is 4.57 Å². The third-order valence-corrected chi connectivity index (χ3v) is 3.34. The van der Waals surface area contributed by atoms with Gasteiger partial charge in [0.05, 0.1) is 18.7 Å². The van der Waals surface area contributed by atoms with Crippen LogP contribution >= 0.6 is 0 Å². The fraction of sp³-hybridized carbons (Fsp3) is 0.583. The van der Waals surface area contributed by atoms with Crippen LogP contribution in [0.4, 0.5) is 0 Å². The van der Waals surface area contributed by atoms with Gasteiger partial charge < -0.3 is 24.9 Å². The third kappa shape index (κ3) is 2.88. The van der Waals surface area contributed by atoms with Crippen LogP contribution in [0.5, 0.6) is 0 Å². The largest absolute Gasteiger partial charge is 0.394 e. The number of H-pyrrole nitrogens is 1. The molecule has 0 saturated carbocycles. The first-order valence-electron chi connectivity index (χ1n) is 6.29. The fourth-order valence-electron chi connectivity index (χ4n) is 2.21. The molecular formula is C12H15N3O6. The predicted octanol–water partition coefficient (Wildman–Crippen LogP) is -2.39. The molecule has 1 aliphatic heterocycles. The standard InChI is InChI=1S/C12H15N3O6/c1-13-2-3-15-4-6(11(19)14-12(15)20)10-9(18)8(17)7(5-16)21-10/h4,7-10,16-18H,2-3,5H2,(H,14,19,20)/t7-,8?,9+,10+/m1/s1. The summed E-state index contributed by atoms with van der Waals surface area (Å²) in [5.41, 5.74) is -1.45. The van der Waals surface area contributed by atoms with Crippen molar-refractivity contribution in [2.24, 2.45) is 0 Å². The number of aliphatic hydroxyl groups is 3. The first-order valence-corrected chi connectivity index (χ1v) is 6.29.